The highest BCUT2D eigenvalue weighted by atomic mass is 32.2. The molecule has 2 aromatic carbocycles. The Hall–Kier alpha value is -3.18. The van der Waals surface area contributed by atoms with Crippen molar-refractivity contribution in [1.82, 2.24) is 10.2 Å². The Morgan fingerprint density at radius 3 is 2.59 bits per heavy atom. The summed E-state index contributed by atoms with van der Waals surface area (Å²) in [5, 5.41) is 12.6. The molecule has 1 saturated carbocycles. The number of halogens is 1. The van der Waals surface area contributed by atoms with Crippen LogP contribution in [0.2, 0.25) is 0 Å². The number of nitrogens with zero attached hydrogens (tertiary/aromatic N) is 1. The lowest BCUT2D eigenvalue weighted by Crippen LogP contribution is -2.43. The van der Waals surface area contributed by atoms with Gasteiger partial charge in [0.2, 0.25) is 5.91 Å². The fourth-order valence-electron chi connectivity index (χ4n) is 5.11. The van der Waals surface area contributed by atoms with Crippen LogP contribution in [0.3, 0.4) is 0 Å². The first kappa shape index (κ1) is 26.9. The highest BCUT2D eigenvalue weighted by Crippen LogP contribution is 2.51. The van der Waals surface area contributed by atoms with Gasteiger partial charge in [0.15, 0.2) is 0 Å². The van der Waals surface area contributed by atoms with Crippen molar-refractivity contribution in [2.24, 2.45) is 5.92 Å². The number of hydrogen-bond donors (Lipinski definition) is 3. The van der Waals surface area contributed by atoms with Gasteiger partial charge >= 0.3 is 5.97 Å². The molecule has 11 heteroatoms. The molecule has 1 heterocycles. The number of likely N-dealkylation sites (tertiary alicyclic amines) is 1. The number of sulfonamides is 1. The minimum atomic E-state index is -4.35. The van der Waals surface area contributed by atoms with Gasteiger partial charge in [-0.3, -0.25) is 14.4 Å². The molecule has 0 bridgehead atoms. The number of carbonyl (C=O) groups is 2. The highest BCUT2D eigenvalue weighted by molar-refractivity contribution is 7.92. The average molecular weight is 534 g/mol. The van der Waals surface area contributed by atoms with Crippen molar-refractivity contribution < 1.29 is 32.2 Å². The lowest BCUT2D eigenvalue weighted by Gasteiger charge is -2.22. The van der Waals surface area contributed by atoms with Crippen molar-refractivity contribution in [1.29, 1.82) is 0 Å². The van der Waals surface area contributed by atoms with Gasteiger partial charge in [-0.2, -0.15) is 0 Å². The summed E-state index contributed by atoms with van der Waals surface area (Å²) in [6, 6.07) is 5.93. The molecule has 1 amide bonds. The van der Waals surface area contributed by atoms with Gasteiger partial charge in [-0.05, 0) is 79.6 Å². The van der Waals surface area contributed by atoms with E-state index >= 15 is 0 Å². The lowest BCUT2D eigenvalue weighted by atomic mass is 10.0. The molecular formula is C26H32FN3O6S. The molecule has 3 atom stereocenters. The first-order valence-electron chi connectivity index (χ1n) is 12.3. The van der Waals surface area contributed by atoms with Gasteiger partial charge in [0.1, 0.15) is 17.1 Å². The Morgan fingerprint density at radius 2 is 1.97 bits per heavy atom. The van der Waals surface area contributed by atoms with Crippen molar-refractivity contribution in [2.45, 2.75) is 56.5 Å². The zero-order valence-electron chi connectivity index (χ0n) is 21.1. The zero-order valence-corrected chi connectivity index (χ0v) is 21.9. The molecule has 3 unspecified atom stereocenters. The molecule has 4 rings (SSSR count). The summed E-state index contributed by atoms with van der Waals surface area (Å²) in [5.41, 5.74) is 0.313. The van der Waals surface area contributed by atoms with E-state index in [1.165, 1.54) is 13.2 Å². The van der Waals surface area contributed by atoms with E-state index in [9.17, 15) is 27.5 Å². The number of anilines is 1. The number of rotatable bonds is 10. The van der Waals surface area contributed by atoms with Crippen molar-refractivity contribution in [3.63, 3.8) is 0 Å². The summed E-state index contributed by atoms with van der Waals surface area (Å²) < 4.78 is 48.7. The van der Waals surface area contributed by atoms with E-state index in [0.29, 0.717) is 17.9 Å². The predicted molar refractivity (Wildman–Crippen MR) is 136 cm³/mol. The molecular weight excluding hydrogens is 501 g/mol. The summed E-state index contributed by atoms with van der Waals surface area (Å²) in [4.78, 5) is 26.7. The number of carboxylic acid groups (broad SMARTS) is 1. The van der Waals surface area contributed by atoms with Crippen LogP contribution in [0, 0.1) is 11.7 Å². The lowest BCUT2D eigenvalue weighted by molar-refractivity contribution is -0.125. The third-order valence-corrected chi connectivity index (χ3v) is 8.66. The van der Waals surface area contributed by atoms with Gasteiger partial charge in [-0.25, -0.2) is 17.6 Å². The Kier molecular flexibility index (Phi) is 7.75. The highest BCUT2D eigenvalue weighted by Gasteiger charge is 2.38. The molecule has 1 aliphatic heterocycles. The molecule has 2 aromatic rings. The number of ether oxygens (including phenoxy) is 1. The van der Waals surface area contributed by atoms with Crippen LogP contribution < -0.4 is 14.8 Å². The van der Waals surface area contributed by atoms with E-state index in [-0.39, 0.29) is 51.9 Å². The van der Waals surface area contributed by atoms with Crippen LogP contribution in [0.4, 0.5) is 10.1 Å². The molecule has 1 saturated heterocycles. The number of amides is 1. The molecule has 200 valence electrons. The first-order valence-corrected chi connectivity index (χ1v) is 13.8. The zero-order chi connectivity index (χ0) is 26.9. The fraction of sp³-hybridized carbons (Fsp3) is 0.462. The van der Waals surface area contributed by atoms with Gasteiger partial charge < -0.3 is 15.2 Å². The maximum absolute atomic E-state index is 14.1. The summed E-state index contributed by atoms with van der Waals surface area (Å²) >= 11 is 0. The minimum Gasteiger partial charge on any atom is -0.495 e. The molecule has 3 N–H and O–H groups in total. The topological polar surface area (TPSA) is 125 Å². The van der Waals surface area contributed by atoms with Crippen LogP contribution in [0.25, 0.3) is 0 Å². The molecule has 2 fully saturated rings. The molecule has 0 spiro atoms. The van der Waals surface area contributed by atoms with Gasteiger partial charge in [0, 0.05) is 6.54 Å². The number of carbonyl (C=O) groups excluding carboxylic acids is 1. The van der Waals surface area contributed by atoms with Crippen LogP contribution in [0.1, 0.15) is 60.5 Å². The van der Waals surface area contributed by atoms with E-state index in [0.717, 1.165) is 44.1 Å². The van der Waals surface area contributed by atoms with E-state index < -0.39 is 21.8 Å². The summed E-state index contributed by atoms with van der Waals surface area (Å²) in [6.07, 6.45) is 2.48. The van der Waals surface area contributed by atoms with Crippen LogP contribution >= 0.6 is 0 Å². The number of methoxy groups -OCH3 is 1. The van der Waals surface area contributed by atoms with Crippen LogP contribution in [-0.4, -0.2) is 56.5 Å². The number of carboxylic acids is 1. The second kappa shape index (κ2) is 10.7. The number of benzene rings is 2. The smallest absolute Gasteiger partial charge is 0.341 e. The van der Waals surface area contributed by atoms with Crippen molar-refractivity contribution in [3.05, 3.63) is 52.8 Å². The quantitative estimate of drug-likeness (QED) is 0.427. The van der Waals surface area contributed by atoms with Crippen LogP contribution in [-0.2, 0) is 21.4 Å². The third-order valence-electron chi connectivity index (χ3n) is 7.20. The standard InChI is InChI=1S/C26H32FN3O6S/c1-4-30-11-5-6-21(30)25(31)28-14-16-13-17(27)7-10-22(16)37(34,35)29-20-9-8-18(19-12-15(19)2)24(36-3)23(20)26(32)33/h7-10,13,15,19,21,29H,4-6,11-12,14H2,1-3H3,(H,28,31)(H,32,33). The second-order valence-electron chi connectivity index (χ2n) is 9.60. The molecule has 9 nitrogen and oxygen atoms in total. The van der Waals surface area contributed by atoms with Gasteiger partial charge in [-0.1, -0.05) is 19.9 Å². The Morgan fingerprint density at radius 1 is 1.24 bits per heavy atom. The van der Waals surface area contributed by atoms with Crippen molar-refractivity contribution in [3.8, 4) is 5.75 Å². The van der Waals surface area contributed by atoms with Crippen molar-refractivity contribution >= 4 is 27.6 Å². The first-order chi connectivity index (χ1) is 17.6. The molecule has 0 aromatic heterocycles. The van der Waals surface area contributed by atoms with Gasteiger partial charge in [-0.15, -0.1) is 0 Å². The molecule has 0 radical (unpaired) electrons. The second-order valence-corrected chi connectivity index (χ2v) is 11.2. The van der Waals surface area contributed by atoms with Crippen molar-refractivity contribution in [2.75, 3.05) is 24.9 Å². The number of likely N-dealkylation sites (N-methyl/N-ethyl adjacent to an activating group) is 1. The van der Waals surface area contributed by atoms with E-state index in [2.05, 4.69) is 10.0 Å². The summed E-state index contributed by atoms with van der Waals surface area (Å²) in [5.74, 6) is -1.60. The van der Waals surface area contributed by atoms with E-state index in [4.69, 9.17) is 4.74 Å². The largest absolute Gasteiger partial charge is 0.495 e. The summed E-state index contributed by atoms with van der Waals surface area (Å²) in [7, 11) is -3.00. The van der Waals surface area contributed by atoms with Crippen LogP contribution in [0.5, 0.6) is 5.75 Å². The molecule has 1 aliphatic carbocycles. The molecule has 37 heavy (non-hydrogen) atoms. The maximum atomic E-state index is 14.1. The normalized spacial score (nSPS) is 21.5. The average Bonchev–Trinajstić information content (AvgIpc) is 3.37. The number of nitrogens with one attached hydrogen (secondary N) is 2. The number of hydrogen-bond acceptors (Lipinski definition) is 6. The fourth-order valence-corrected chi connectivity index (χ4v) is 6.41. The SMILES string of the molecule is CCN1CCCC1C(=O)NCc1cc(F)ccc1S(=O)(=O)Nc1ccc(C2CC2C)c(OC)c1C(=O)O. The Balaban J connectivity index is 1.62. The van der Waals surface area contributed by atoms with Crippen LogP contribution in [0.15, 0.2) is 35.2 Å². The van der Waals surface area contributed by atoms with E-state index in [1.807, 2.05) is 18.7 Å². The summed E-state index contributed by atoms with van der Waals surface area (Å²) in [6.45, 7) is 5.34. The third kappa shape index (κ3) is 5.57. The van der Waals surface area contributed by atoms with E-state index in [1.54, 1.807) is 6.07 Å². The van der Waals surface area contributed by atoms with Gasteiger partial charge in [0.25, 0.3) is 10.0 Å². The Bertz CT molecular complexity index is 1320. The monoisotopic (exact) mass is 533 g/mol. The van der Waals surface area contributed by atoms with Gasteiger partial charge in [0.05, 0.1) is 23.7 Å². The molecule has 2 aliphatic rings. The number of aromatic carboxylic acids is 1. The Labute approximate surface area is 216 Å². The minimum absolute atomic E-state index is 0.0501. The maximum Gasteiger partial charge on any atom is 0.341 e. The predicted octanol–water partition coefficient (Wildman–Crippen LogP) is 3.56.